The van der Waals surface area contributed by atoms with Gasteiger partial charge in [-0.25, -0.2) is 9.50 Å². The first-order valence-corrected chi connectivity index (χ1v) is 10.8. The van der Waals surface area contributed by atoms with Crippen LogP contribution in [0.25, 0.3) is 5.78 Å². The minimum absolute atomic E-state index is 0.139. The van der Waals surface area contributed by atoms with E-state index < -0.39 is 0 Å². The van der Waals surface area contributed by atoms with Crippen molar-refractivity contribution in [3.05, 3.63) is 77.6 Å². The Balaban J connectivity index is 1.63. The van der Waals surface area contributed by atoms with Gasteiger partial charge in [-0.2, -0.15) is 4.98 Å². The molecule has 1 N–H and O–H groups in total. The number of hydrazine groups is 1. The number of carbonyl (C=O) groups is 1. The van der Waals surface area contributed by atoms with Crippen molar-refractivity contribution in [3.63, 3.8) is 0 Å². The lowest BCUT2D eigenvalue weighted by molar-refractivity contribution is -0.120. The van der Waals surface area contributed by atoms with Gasteiger partial charge in [0.05, 0.1) is 17.8 Å². The predicted octanol–water partition coefficient (Wildman–Crippen LogP) is 3.88. The van der Waals surface area contributed by atoms with Gasteiger partial charge in [0.2, 0.25) is 11.1 Å². The molecule has 0 fully saturated rings. The summed E-state index contributed by atoms with van der Waals surface area (Å²) in [6.07, 6.45) is 2.11. The van der Waals surface area contributed by atoms with E-state index in [4.69, 9.17) is 0 Å². The van der Waals surface area contributed by atoms with E-state index in [2.05, 4.69) is 20.5 Å². The molecule has 2 aromatic carbocycles. The van der Waals surface area contributed by atoms with Crippen molar-refractivity contribution in [1.82, 2.24) is 25.0 Å². The average Bonchev–Trinajstić information content (AvgIpc) is 3.19. The van der Waals surface area contributed by atoms with Gasteiger partial charge in [-0.05, 0) is 44.4 Å². The zero-order valence-electron chi connectivity index (χ0n) is 17.0. The maximum Gasteiger partial charge on any atom is 0.253 e. The Morgan fingerprint density at radius 1 is 1.00 bits per heavy atom. The average molecular weight is 419 g/mol. The Hall–Kier alpha value is -3.39. The van der Waals surface area contributed by atoms with E-state index in [-0.39, 0.29) is 12.3 Å². The van der Waals surface area contributed by atoms with Crippen LogP contribution in [-0.4, -0.2) is 31.7 Å². The van der Waals surface area contributed by atoms with E-state index in [1.807, 2.05) is 80.8 Å². The minimum Gasteiger partial charge on any atom is -0.273 e. The van der Waals surface area contributed by atoms with Crippen molar-refractivity contribution in [1.29, 1.82) is 0 Å². The number of anilines is 2. The number of rotatable bonds is 6. The minimum atomic E-state index is -0.139. The molecular weight excluding hydrogens is 396 g/mol. The van der Waals surface area contributed by atoms with E-state index >= 15 is 0 Å². The van der Waals surface area contributed by atoms with E-state index in [0.717, 1.165) is 28.3 Å². The van der Waals surface area contributed by atoms with Gasteiger partial charge in [-0.1, -0.05) is 48.2 Å². The van der Waals surface area contributed by atoms with Gasteiger partial charge >= 0.3 is 0 Å². The van der Waals surface area contributed by atoms with Crippen LogP contribution < -0.4 is 10.4 Å². The number of hydrogen-bond donors (Lipinski definition) is 1. The van der Waals surface area contributed by atoms with Crippen LogP contribution in [0.1, 0.15) is 17.0 Å². The summed E-state index contributed by atoms with van der Waals surface area (Å²) in [4.78, 5) is 22.0. The molecule has 0 radical (unpaired) electrons. The predicted molar refractivity (Wildman–Crippen MR) is 119 cm³/mol. The second-order valence-electron chi connectivity index (χ2n) is 6.79. The number of nitrogens with zero attached hydrogens (tertiary/aromatic N) is 5. The van der Waals surface area contributed by atoms with E-state index in [1.165, 1.54) is 11.8 Å². The molecule has 0 atom stereocenters. The number of aryl methyl sites for hydroxylation is 2. The molecule has 0 unspecified atom stereocenters. The normalized spacial score (nSPS) is 10.9. The summed E-state index contributed by atoms with van der Waals surface area (Å²) in [6.45, 7) is 3.84. The first kappa shape index (κ1) is 19.9. The first-order valence-electron chi connectivity index (χ1n) is 9.53. The van der Waals surface area contributed by atoms with Gasteiger partial charge in [-0.15, -0.1) is 5.10 Å². The molecule has 152 valence electrons. The van der Waals surface area contributed by atoms with Crippen molar-refractivity contribution < 1.29 is 4.79 Å². The van der Waals surface area contributed by atoms with Gasteiger partial charge in [0.1, 0.15) is 0 Å². The van der Waals surface area contributed by atoms with Gasteiger partial charge in [0, 0.05) is 17.0 Å². The van der Waals surface area contributed by atoms with Gasteiger partial charge in [0.25, 0.3) is 5.78 Å². The largest absolute Gasteiger partial charge is 0.273 e. The highest BCUT2D eigenvalue weighted by Crippen LogP contribution is 2.23. The lowest BCUT2D eigenvalue weighted by atomic mass is 10.1. The molecule has 30 heavy (non-hydrogen) atoms. The molecule has 0 bridgehead atoms. The molecule has 0 spiro atoms. The summed E-state index contributed by atoms with van der Waals surface area (Å²) < 4.78 is 1.70. The number of benzene rings is 2. The molecule has 4 aromatic rings. The van der Waals surface area contributed by atoms with Crippen LogP contribution in [0.2, 0.25) is 0 Å². The van der Waals surface area contributed by atoms with E-state index in [1.54, 1.807) is 9.52 Å². The number of para-hydroxylation sites is 2. The fourth-order valence-corrected chi connectivity index (χ4v) is 3.63. The zero-order valence-corrected chi connectivity index (χ0v) is 17.8. The number of aromatic nitrogens is 4. The Morgan fingerprint density at radius 3 is 2.17 bits per heavy atom. The van der Waals surface area contributed by atoms with Crippen LogP contribution in [0.15, 0.2) is 65.8 Å². The fraction of sp³-hybridized carbons (Fsp3) is 0.182. The summed E-state index contributed by atoms with van der Waals surface area (Å²) in [6, 6.07) is 19.5. The number of nitrogens with one attached hydrogen (secondary N) is 1. The van der Waals surface area contributed by atoms with Crippen molar-refractivity contribution in [3.8, 4) is 0 Å². The maximum atomic E-state index is 13.0. The molecule has 0 saturated carbocycles. The van der Waals surface area contributed by atoms with Crippen LogP contribution in [0, 0.1) is 13.8 Å². The molecule has 8 heteroatoms. The van der Waals surface area contributed by atoms with Crippen LogP contribution in [-0.2, 0) is 11.2 Å². The Bertz CT molecular complexity index is 1140. The number of carbonyl (C=O) groups excluding carboxylic acids is 1. The summed E-state index contributed by atoms with van der Waals surface area (Å²) in [7, 11) is 0. The lowest BCUT2D eigenvalue weighted by Gasteiger charge is -2.25. The molecule has 0 aliphatic carbocycles. The molecule has 4 rings (SSSR count). The molecule has 0 saturated heterocycles. The van der Waals surface area contributed by atoms with Crippen molar-refractivity contribution >= 4 is 34.8 Å². The van der Waals surface area contributed by atoms with Crippen LogP contribution in [0.3, 0.4) is 0 Å². The van der Waals surface area contributed by atoms with Gasteiger partial charge in [-0.3, -0.25) is 15.2 Å². The van der Waals surface area contributed by atoms with E-state index in [9.17, 15) is 4.79 Å². The van der Waals surface area contributed by atoms with Crippen LogP contribution in [0.4, 0.5) is 11.4 Å². The van der Waals surface area contributed by atoms with Crippen molar-refractivity contribution in [2.45, 2.75) is 25.4 Å². The monoisotopic (exact) mass is 418 g/mol. The van der Waals surface area contributed by atoms with Gasteiger partial charge in [0.15, 0.2) is 0 Å². The van der Waals surface area contributed by atoms with Crippen molar-refractivity contribution in [2.75, 3.05) is 11.3 Å². The Morgan fingerprint density at radius 2 is 1.60 bits per heavy atom. The summed E-state index contributed by atoms with van der Waals surface area (Å²) in [5.41, 5.74) is 7.28. The first-order chi connectivity index (χ1) is 14.6. The quantitative estimate of drug-likeness (QED) is 0.378. The molecular formula is C22H22N6OS. The van der Waals surface area contributed by atoms with E-state index in [0.29, 0.717) is 10.9 Å². The summed E-state index contributed by atoms with van der Waals surface area (Å²) in [5.74, 6) is 0.411. The maximum absolute atomic E-state index is 13.0. The van der Waals surface area contributed by atoms with Gasteiger partial charge < -0.3 is 0 Å². The number of hydrogen-bond acceptors (Lipinski definition) is 6. The van der Waals surface area contributed by atoms with Crippen LogP contribution >= 0.6 is 11.8 Å². The fourth-order valence-electron chi connectivity index (χ4n) is 3.29. The second-order valence-corrected chi connectivity index (χ2v) is 7.56. The van der Waals surface area contributed by atoms with Crippen molar-refractivity contribution in [2.24, 2.45) is 0 Å². The third-order valence-electron chi connectivity index (χ3n) is 4.81. The number of thioether (sulfide) groups is 1. The SMILES string of the molecule is CSc1nc2nc(C)c(CC(=O)NN(c3ccccc3)c3ccccc3)c(C)n2n1. The Kier molecular flexibility index (Phi) is 5.67. The molecule has 2 heterocycles. The molecule has 0 aliphatic heterocycles. The third-order valence-corrected chi connectivity index (χ3v) is 5.35. The number of amides is 1. The second kappa shape index (κ2) is 8.54. The Labute approximate surface area is 179 Å². The summed E-state index contributed by atoms with van der Waals surface area (Å²) in [5, 5.41) is 6.91. The highest BCUT2D eigenvalue weighted by atomic mass is 32.2. The third kappa shape index (κ3) is 3.99. The zero-order chi connectivity index (χ0) is 21.1. The standard InChI is InChI=1S/C22H22N6OS/c1-15-19(16(2)27-21(23-15)24-22(26-27)30-3)14-20(29)25-28(17-10-6-4-7-11-17)18-12-8-5-9-13-18/h4-13H,14H2,1-3H3,(H,25,29). The molecule has 0 aliphatic rings. The highest BCUT2D eigenvalue weighted by molar-refractivity contribution is 7.98. The highest BCUT2D eigenvalue weighted by Gasteiger charge is 2.18. The molecule has 7 nitrogen and oxygen atoms in total. The lowest BCUT2D eigenvalue weighted by Crippen LogP contribution is -2.40. The molecule has 2 aromatic heterocycles. The number of fused-ring (bicyclic) bond motifs is 1. The smallest absolute Gasteiger partial charge is 0.253 e. The molecule has 1 amide bonds. The van der Waals surface area contributed by atoms with Crippen LogP contribution in [0.5, 0.6) is 0 Å². The topological polar surface area (TPSA) is 75.4 Å². The summed E-state index contributed by atoms with van der Waals surface area (Å²) >= 11 is 1.46.